The average Bonchev–Trinajstić information content (AvgIpc) is 2.64. The molecule has 1 aliphatic rings. The number of carbonyl (C=O) groups is 1. The molecule has 1 fully saturated rings. The predicted molar refractivity (Wildman–Crippen MR) is 74.7 cm³/mol. The molecule has 100 valence electrons. The largest absolute Gasteiger partial charge is 0.420 e. The number of hydrogen-bond donors (Lipinski definition) is 0. The zero-order valence-electron chi connectivity index (χ0n) is 12.3. The molecule has 0 N–H and O–H groups in total. The first-order valence-corrected chi connectivity index (χ1v) is 9.72. The molecular formula is C14H28O2Si. The molecule has 1 aliphatic carbocycles. The molecule has 0 unspecified atom stereocenters. The minimum absolute atomic E-state index is 0.128. The van der Waals surface area contributed by atoms with Gasteiger partial charge in [-0.05, 0) is 43.3 Å². The first kappa shape index (κ1) is 14.9. The monoisotopic (exact) mass is 256 g/mol. The summed E-state index contributed by atoms with van der Waals surface area (Å²) >= 11 is 0. The highest BCUT2D eigenvalue weighted by atomic mass is 28.4. The summed E-state index contributed by atoms with van der Waals surface area (Å²) in [5.41, 5.74) is 0.796. The molecule has 3 heteroatoms. The zero-order chi connectivity index (χ0) is 13.3. The van der Waals surface area contributed by atoms with Gasteiger partial charge in [-0.1, -0.05) is 20.8 Å². The second-order valence-corrected chi connectivity index (χ2v) is 11.6. The fraction of sp³-hybridized carbons (Fsp3) is 0.929. The maximum Gasteiger partial charge on any atom is 0.189 e. The van der Waals surface area contributed by atoms with Crippen LogP contribution in [0.4, 0.5) is 0 Å². The van der Waals surface area contributed by atoms with Crippen molar-refractivity contribution >= 4 is 14.1 Å². The summed E-state index contributed by atoms with van der Waals surface area (Å²) in [6.07, 6.45) is 4.06. The van der Waals surface area contributed by atoms with Gasteiger partial charge in [-0.3, -0.25) is 4.79 Å². The summed E-state index contributed by atoms with van der Waals surface area (Å²) in [7, 11) is 0.287. The van der Waals surface area contributed by atoms with E-state index in [-0.39, 0.29) is 5.41 Å². The number of rotatable bonds is 4. The van der Waals surface area contributed by atoms with Gasteiger partial charge in [0.2, 0.25) is 0 Å². The van der Waals surface area contributed by atoms with E-state index < -0.39 is 8.32 Å². The Hall–Kier alpha value is -0.153. The van der Waals surface area contributed by atoms with Crippen LogP contribution in [-0.2, 0) is 9.22 Å². The molecule has 2 nitrogen and oxygen atoms in total. The molecule has 0 radical (unpaired) electrons. The second kappa shape index (κ2) is 5.23. The van der Waals surface area contributed by atoms with Gasteiger partial charge < -0.3 is 4.43 Å². The molecule has 0 spiro atoms. The second-order valence-electron chi connectivity index (χ2n) is 7.22. The van der Waals surface area contributed by atoms with Crippen molar-refractivity contribution in [3.05, 3.63) is 0 Å². The van der Waals surface area contributed by atoms with Crippen LogP contribution in [0, 0.1) is 11.3 Å². The molecule has 1 rings (SSSR count). The van der Waals surface area contributed by atoms with Crippen molar-refractivity contribution in [3.8, 4) is 0 Å². The quantitative estimate of drug-likeness (QED) is 0.710. The van der Waals surface area contributed by atoms with Gasteiger partial charge in [0, 0.05) is 19.4 Å². The van der Waals surface area contributed by atoms with E-state index >= 15 is 0 Å². The van der Waals surface area contributed by atoms with Crippen LogP contribution in [0.25, 0.3) is 0 Å². The van der Waals surface area contributed by atoms with Crippen LogP contribution in [0.1, 0.15) is 46.5 Å². The Morgan fingerprint density at radius 3 is 2.35 bits per heavy atom. The SMILES string of the molecule is CO[Si](C)(C)[C@@H]1CC[C@@H](C(=O)CC(C)(C)C)C1. The van der Waals surface area contributed by atoms with Crippen molar-refractivity contribution < 1.29 is 9.22 Å². The lowest BCUT2D eigenvalue weighted by Crippen LogP contribution is -2.34. The fourth-order valence-electron chi connectivity index (χ4n) is 2.74. The molecule has 0 aromatic rings. The number of Topliss-reactive ketones (excluding diaryl/α,β-unsaturated/α-hetero) is 1. The van der Waals surface area contributed by atoms with Gasteiger partial charge in [0.1, 0.15) is 5.78 Å². The molecule has 0 amide bonds. The van der Waals surface area contributed by atoms with Gasteiger partial charge in [0.05, 0.1) is 0 Å². The Balaban J connectivity index is 2.54. The Morgan fingerprint density at radius 2 is 1.88 bits per heavy atom. The normalized spacial score (nSPS) is 26.2. The molecule has 0 aliphatic heterocycles. The maximum atomic E-state index is 12.2. The first-order valence-electron chi connectivity index (χ1n) is 6.73. The van der Waals surface area contributed by atoms with Crippen LogP contribution in [0.2, 0.25) is 18.6 Å². The highest BCUT2D eigenvalue weighted by Gasteiger charge is 2.40. The maximum absolute atomic E-state index is 12.2. The van der Waals surface area contributed by atoms with Crippen molar-refractivity contribution in [1.29, 1.82) is 0 Å². The van der Waals surface area contributed by atoms with E-state index in [1.807, 2.05) is 7.11 Å². The van der Waals surface area contributed by atoms with Crippen LogP contribution >= 0.6 is 0 Å². The van der Waals surface area contributed by atoms with Crippen LogP contribution in [0.15, 0.2) is 0 Å². The van der Waals surface area contributed by atoms with Crippen molar-refractivity contribution in [2.75, 3.05) is 7.11 Å². The predicted octanol–water partition coefficient (Wildman–Crippen LogP) is 4.01. The molecule has 17 heavy (non-hydrogen) atoms. The summed E-state index contributed by atoms with van der Waals surface area (Å²) in [6, 6.07) is 0. The Kier molecular flexibility index (Phi) is 4.58. The lowest BCUT2D eigenvalue weighted by Gasteiger charge is -2.27. The standard InChI is InChI=1S/C14H28O2Si/c1-14(2,3)10-13(15)11-7-8-12(9-11)17(5,6)16-4/h11-12H,7-10H2,1-6H3/t11-,12-/m1/s1. The van der Waals surface area contributed by atoms with Gasteiger partial charge in [-0.15, -0.1) is 0 Å². The Morgan fingerprint density at radius 1 is 1.29 bits per heavy atom. The van der Waals surface area contributed by atoms with E-state index in [9.17, 15) is 4.79 Å². The third-order valence-electron chi connectivity index (χ3n) is 4.10. The van der Waals surface area contributed by atoms with Crippen molar-refractivity contribution in [1.82, 2.24) is 0 Å². The molecule has 0 aromatic carbocycles. The lowest BCUT2D eigenvalue weighted by atomic mass is 9.85. The summed E-state index contributed by atoms with van der Waals surface area (Å²) in [4.78, 5) is 12.2. The van der Waals surface area contributed by atoms with Gasteiger partial charge in [-0.2, -0.15) is 0 Å². The molecule has 2 atom stereocenters. The molecule has 0 saturated heterocycles. The van der Waals surface area contributed by atoms with Gasteiger partial charge in [0.25, 0.3) is 0 Å². The summed E-state index contributed by atoms with van der Waals surface area (Å²) < 4.78 is 5.68. The summed E-state index contributed by atoms with van der Waals surface area (Å²) in [5, 5.41) is 0. The van der Waals surface area contributed by atoms with E-state index in [4.69, 9.17) is 4.43 Å². The van der Waals surface area contributed by atoms with Crippen LogP contribution in [0.5, 0.6) is 0 Å². The zero-order valence-corrected chi connectivity index (χ0v) is 13.3. The third-order valence-corrected chi connectivity index (χ3v) is 7.64. The van der Waals surface area contributed by atoms with E-state index in [0.717, 1.165) is 19.3 Å². The van der Waals surface area contributed by atoms with Crippen LogP contribution < -0.4 is 0 Å². The minimum atomic E-state index is -1.54. The smallest absolute Gasteiger partial charge is 0.189 e. The number of ketones is 1. The highest BCUT2D eigenvalue weighted by molar-refractivity contribution is 6.72. The van der Waals surface area contributed by atoms with Crippen molar-refractivity contribution in [2.24, 2.45) is 11.3 Å². The van der Waals surface area contributed by atoms with Crippen LogP contribution in [-0.4, -0.2) is 21.2 Å². The van der Waals surface area contributed by atoms with Gasteiger partial charge in [0.15, 0.2) is 8.32 Å². The summed E-state index contributed by atoms with van der Waals surface area (Å²) in [5.74, 6) is 0.780. The van der Waals surface area contributed by atoms with Crippen LogP contribution in [0.3, 0.4) is 0 Å². The average molecular weight is 256 g/mol. The van der Waals surface area contributed by atoms with E-state index in [1.54, 1.807) is 0 Å². The molecule has 0 aromatic heterocycles. The minimum Gasteiger partial charge on any atom is -0.420 e. The third kappa shape index (κ3) is 4.22. The topological polar surface area (TPSA) is 26.3 Å². The number of carbonyl (C=O) groups excluding carboxylic acids is 1. The lowest BCUT2D eigenvalue weighted by molar-refractivity contribution is -0.124. The molecule has 1 saturated carbocycles. The molecular weight excluding hydrogens is 228 g/mol. The first-order chi connectivity index (χ1) is 7.65. The van der Waals surface area contributed by atoms with Crippen molar-refractivity contribution in [2.45, 2.75) is 65.1 Å². The molecule has 0 heterocycles. The molecule has 0 bridgehead atoms. The van der Waals surface area contributed by atoms with Crippen molar-refractivity contribution in [3.63, 3.8) is 0 Å². The van der Waals surface area contributed by atoms with E-state index in [2.05, 4.69) is 33.9 Å². The Bertz CT molecular complexity index is 278. The Labute approximate surface area is 107 Å². The van der Waals surface area contributed by atoms with Gasteiger partial charge in [-0.25, -0.2) is 0 Å². The van der Waals surface area contributed by atoms with E-state index in [0.29, 0.717) is 17.2 Å². The van der Waals surface area contributed by atoms with Gasteiger partial charge >= 0.3 is 0 Å². The fourth-order valence-corrected chi connectivity index (χ4v) is 4.79. The highest BCUT2D eigenvalue weighted by Crippen LogP contribution is 2.43. The number of hydrogen-bond acceptors (Lipinski definition) is 2. The summed E-state index contributed by atoms with van der Waals surface area (Å²) in [6.45, 7) is 11.0. The van der Waals surface area contributed by atoms with E-state index in [1.165, 1.54) is 6.42 Å².